The molecule has 0 spiro atoms. The van der Waals surface area contributed by atoms with Gasteiger partial charge in [-0.25, -0.2) is 0 Å². The number of anilines is 3. The molecule has 0 unspecified atom stereocenters. The molecule has 9 aromatic carbocycles. The highest BCUT2D eigenvalue weighted by Gasteiger charge is 2.44. The predicted molar refractivity (Wildman–Crippen MR) is 398 cm³/mol. The van der Waals surface area contributed by atoms with E-state index in [-0.39, 0.29) is 5.41 Å². The Labute approximate surface area is 549 Å². The molecule has 1 heterocycles. The van der Waals surface area contributed by atoms with Crippen molar-refractivity contribution in [3.05, 3.63) is 227 Å². The van der Waals surface area contributed by atoms with Gasteiger partial charge in [-0.05, 0) is 204 Å². The summed E-state index contributed by atoms with van der Waals surface area (Å²) in [4.78, 5) is 2.44. The fourth-order valence-corrected chi connectivity index (χ4v) is 15.4. The van der Waals surface area contributed by atoms with Gasteiger partial charge in [0.15, 0.2) is 0 Å². The average molecular weight is 1200 g/mol. The lowest BCUT2D eigenvalue weighted by Gasteiger charge is -2.34. The van der Waals surface area contributed by atoms with Crippen LogP contribution in [0.15, 0.2) is 188 Å². The van der Waals surface area contributed by atoms with Crippen LogP contribution in [0.2, 0.25) is 0 Å². The average Bonchev–Trinajstić information content (AvgIpc) is 1.53. The number of hydrogen-bond donors (Lipinski definition) is 0. The molecule has 1 aromatic heterocycles. The van der Waals surface area contributed by atoms with Gasteiger partial charge in [-0.15, -0.1) is 0 Å². The quantitative estimate of drug-likeness (QED) is 0.0365. The van der Waals surface area contributed by atoms with Crippen molar-refractivity contribution >= 4 is 38.9 Å². The summed E-state index contributed by atoms with van der Waals surface area (Å²) in [7, 11) is 0. The van der Waals surface area contributed by atoms with Gasteiger partial charge < -0.3 is 9.47 Å². The first-order valence-corrected chi connectivity index (χ1v) is 36.4. The molecular weight excluding hydrogens is 1100 g/mol. The minimum Gasteiger partial charge on any atom is -0.311 e. The van der Waals surface area contributed by atoms with Gasteiger partial charge >= 0.3 is 0 Å². The molecule has 91 heavy (non-hydrogen) atoms. The minimum absolute atomic E-state index is 0.0735. The largest absolute Gasteiger partial charge is 0.311 e. The SMILES string of the molecule is CCCCCCCCC1(CCCCCCCC)c2cc(C)ccc2-c2ccc3c(c21)c1cc(-c2ccccc2)ccc1n3-c1cc(CCCCCC)c(-c2ccc(N(c3ccc(C)cc3)c3ccc(-c4ccc(CCCC)cc4)cc3)cc2)cc1CCCCCC. The van der Waals surface area contributed by atoms with E-state index in [1.807, 2.05) is 0 Å². The first-order valence-electron chi connectivity index (χ1n) is 36.4. The number of rotatable bonds is 34. The fraction of sp³-hybridized carbons (Fsp3) is 0.393. The zero-order chi connectivity index (χ0) is 62.9. The summed E-state index contributed by atoms with van der Waals surface area (Å²) in [5.74, 6) is 0. The Balaban J connectivity index is 1.08. The van der Waals surface area contributed by atoms with E-state index in [4.69, 9.17) is 0 Å². The van der Waals surface area contributed by atoms with E-state index in [0.29, 0.717) is 0 Å². The number of aromatic nitrogens is 1. The van der Waals surface area contributed by atoms with E-state index in [9.17, 15) is 0 Å². The topological polar surface area (TPSA) is 8.17 Å². The van der Waals surface area contributed by atoms with E-state index >= 15 is 0 Å². The predicted octanol–water partition coefficient (Wildman–Crippen LogP) is 27.2. The van der Waals surface area contributed by atoms with Gasteiger partial charge in [0.1, 0.15) is 0 Å². The molecular formula is C89H106N2. The molecule has 1 aliphatic rings. The zero-order valence-corrected chi connectivity index (χ0v) is 56.9. The number of unbranched alkanes of at least 4 members (excludes halogenated alkanes) is 17. The third-order valence-electron chi connectivity index (χ3n) is 20.5. The number of hydrogen-bond acceptors (Lipinski definition) is 1. The van der Waals surface area contributed by atoms with Crippen molar-refractivity contribution in [3.63, 3.8) is 0 Å². The van der Waals surface area contributed by atoms with Crippen LogP contribution < -0.4 is 4.90 Å². The van der Waals surface area contributed by atoms with Crippen molar-refractivity contribution < 1.29 is 0 Å². The van der Waals surface area contributed by atoms with Gasteiger partial charge in [0.25, 0.3) is 0 Å². The molecule has 2 nitrogen and oxygen atoms in total. The van der Waals surface area contributed by atoms with E-state index in [1.165, 1.54) is 254 Å². The number of fused-ring (bicyclic) bond motifs is 7. The zero-order valence-electron chi connectivity index (χ0n) is 56.9. The molecule has 0 aliphatic heterocycles. The third-order valence-corrected chi connectivity index (χ3v) is 20.5. The molecule has 1 aliphatic carbocycles. The van der Waals surface area contributed by atoms with Crippen molar-refractivity contribution in [1.29, 1.82) is 0 Å². The lowest BCUT2D eigenvalue weighted by Crippen LogP contribution is -2.26. The van der Waals surface area contributed by atoms with Crippen LogP contribution in [0.3, 0.4) is 0 Å². The summed E-state index contributed by atoms with van der Waals surface area (Å²) in [5, 5.41) is 2.89. The standard InChI is InChI=1S/C89H106N2/c1-8-13-18-22-24-31-60-89(61-32-25-23-19-14-9-2)83-62-67(7)40-56-79(83)80-57-59-85-87(88(80)89)82-63-73(69-34-29-26-30-35-69)49-58-84(82)91(85)86-65-74(36-27-20-15-10-3)81(64-75(86)37-28-21-16-11-4)72-47-54-78(55-48-72)90(76-50-38-66(6)39-51-76)77-52-45-71(46-53-77)70-43-41-68(42-44-70)33-17-12-5/h26,29-30,34-35,38-59,62-65H,8-25,27-28,31-33,36-37,60-61H2,1-7H3. The Morgan fingerprint density at radius 3 is 1.43 bits per heavy atom. The summed E-state index contributed by atoms with van der Waals surface area (Å²) >= 11 is 0. The summed E-state index contributed by atoms with van der Waals surface area (Å²) in [5.41, 5.74) is 28.4. The Morgan fingerprint density at radius 1 is 0.341 bits per heavy atom. The maximum absolute atomic E-state index is 2.78. The monoisotopic (exact) mass is 1200 g/mol. The van der Waals surface area contributed by atoms with Crippen LogP contribution in [-0.2, 0) is 24.7 Å². The summed E-state index contributed by atoms with van der Waals surface area (Å²) in [6.45, 7) is 16.2. The highest BCUT2D eigenvalue weighted by atomic mass is 15.1. The first-order chi connectivity index (χ1) is 44.8. The Hall–Kier alpha value is -7.42. The molecule has 0 saturated heterocycles. The highest BCUT2D eigenvalue weighted by molar-refractivity contribution is 6.15. The highest BCUT2D eigenvalue weighted by Crippen LogP contribution is 2.58. The van der Waals surface area contributed by atoms with Crippen molar-refractivity contribution in [2.75, 3.05) is 4.90 Å². The van der Waals surface area contributed by atoms with Gasteiger partial charge in [-0.3, -0.25) is 0 Å². The minimum atomic E-state index is -0.0735. The van der Waals surface area contributed by atoms with Crippen molar-refractivity contribution in [3.8, 4) is 50.2 Å². The van der Waals surface area contributed by atoms with Crippen molar-refractivity contribution in [2.45, 2.75) is 227 Å². The Morgan fingerprint density at radius 2 is 0.824 bits per heavy atom. The van der Waals surface area contributed by atoms with Crippen LogP contribution >= 0.6 is 0 Å². The molecule has 0 amide bonds. The van der Waals surface area contributed by atoms with Crippen LogP contribution in [0.25, 0.3) is 72.0 Å². The number of aryl methyl sites for hydroxylation is 5. The van der Waals surface area contributed by atoms with Crippen LogP contribution in [0.5, 0.6) is 0 Å². The second kappa shape index (κ2) is 31.7. The van der Waals surface area contributed by atoms with Gasteiger partial charge in [0.05, 0.1) is 11.0 Å². The van der Waals surface area contributed by atoms with Crippen molar-refractivity contribution in [2.24, 2.45) is 0 Å². The van der Waals surface area contributed by atoms with E-state index < -0.39 is 0 Å². The summed E-state index contributed by atoms with van der Waals surface area (Å²) in [6, 6.07) is 73.9. The molecule has 11 rings (SSSR count). The van der Waals surface area contributed by atoms with Gasteiger partial charge in [0.2, 0.25) is 0 Å². The molecule has 472 valence electrons. The Kier molecular flexibility index (Phi) is 22.7. The molecule has 0 fully saturated rings. The number of benzene rings is 9. The lowest BCUT2D eigenvalue weighted by molar-refractivity contribution is 0.400. The van der Waals surface area contributed by atoms with E-state index in [0.717, 1.165) is 36.3 Å². The maximum atomic E-state index is 2.78. The molecule has 0 bridgehead atoms. The first kappa shape index (κ1) is 65.1. The summed E-state index contributed by atoms with van der Waals surface area (Å²) < 4.78 is 2.78. The smallest absolute Gasteiger partial charge is 0.0544 e. The van der Waals surface area contributed by atoms with Crippen LogP contribution in [0, 0.1) is 13.8 Å². The number of nitrogens with zero attached hydrogens (tertiary/aromatic N) is 2. The Bertz CT molecular complexity index is 3900. The molecule has 10 aromatic rings. The maximum Gasteiger partial charge on any atom is 0.0544 e. The second-order valence-electron chi connectivity index (χ2n) is 27.3. The fourth-order valence-electron chi connectivity index (χ4n) is 15.4. The molecule has 0 radical (unpaired) electrons. The van der Waals surface area contributed by atoms with Gasteiger partial charge in [-0.2, -0.15) is 0 Å². The summed E-state index contributed by atoms with van der Waals surface area (Å²) in [6.07, 6.45) is 33.6. The lowest BCUT2D eigenvalue weighted by atomic mass is 9.69. The van der Waals surface area contributed by atoms with E-state index in [1.54, 1.807) is 11.1 Å². The van der Waals surface area contributed by atoms with E-state index in [2.05, 4.69) is 246 Å². The normalized spacial score (nSPS) is 12.5. The van der Waals surface area contributed by atoms with Crippen molar-refractivity contribution in [1.82, 2.24) is 4.57 Å². The molecule has 0 atom stereocenters. The van der Waals surface area contributed by atoms with Crippen LogP contribution in [-0.4, -0.2) is 4.57 Å². The van der Waals surface area contributed by atoms with Crippen LogP contribution in [0.4, 0.5) is 17.1 Å². The second-order valence-corrected chi connectivity index (χ2v) is 27.3. The molecule has 0 saturated carbocycles. The van der Waals surface area contributed by atoms with Gasteiger partial charge in [0, 0.05) is 38.9 Å². The van der Waals surface area contributed by atoms with Gasteiger partial charge in [-0.1, -0.05) is 289 Å². The molecule has 2 heteroatoms. The molecule has 0 N–H and O–H groups in total. The van der Waals surface area contributed by atoms with Crippen LogP contribution in [0.1, 0.15) is 228 Å². The third kappa shape index (κ3) is 14.9.